The highest BCUT2D eigenvalue weighted by Gasteiger charge is 2.09. The van der Waals surface area contributed by atoms with Gasteiger partial charge in [0.15, 0.2) is 0 Å². The van der Waals surface area contributed by atoms with Crippen LogP contribution in [0.3, 0.4) is 0 Å². The smallest absolute Gasteiger partial charge is 0.0897 e. The van der Waals surface area contributed by atoms with Gasteiger partial charge in [0.2, 0.25) is 0 Å². The van der Waals surface area contributed by atoms with Gasteiger partial charge in [0.1, 0.15) is 0 Å². The van der Waals surface area contributed by atoms with E-state index in [2.05, 4.69) is 22.5 Å². The molecule has 0 aromatic carbocycles. The molecule has 0 amide bonds. The van der Waals surface area contributed by atoms with Crippen LogP contribution >= 0.6 is 11.3 Å². The van der Waals surface area contributed by atoms with Gasteiger partial charge < -0.3 is 5.32 Å². The van der Waals surface area contributed by atoms with Gasteiger partial charge in [-0.05, 0) is 19.8 Å². The molecule has 0 bridgehead atoms. The van der Waals surface area contributed by atoms with Gasteiger partial charge in [0.25, 0.3) is 0 Å². The van der Waals surface area contributed by atoms with E-state index in [0.29, 0.717) is 6.04 Å². The maximum Gasteiger partial charge on any atom is 0.0897 e. The van der Waals surface area contributed by atoms with Crippen molar-refractivity contribution in [2.75, 3.05) is 0 Å². The fourth-order valence-electron chi connectivity index (χ4n) is 1.52. The van der Waals surface area contributed by atoms with E-state index in [4.69, 9.17) is 0 Å². The van der Waals surface area contributed by atoms with Crippen LogP contribution in [0.1, 0.15) is 22.7 Å². The summed E-state index contributed by atoms with van der Waals surface area (Å²) in [5.41, 5.74) is 0. The first-order chi connectivity index (χ1) is 6.34. The van der Waals surface area contributed by atoms with Gasteiger partial charge in [-0.1, -0.05) is 12.2 Å². The molecule has 0 saturated carbocycles. The van der Waals surface area contributed by atoms with Gasteiger partial charge >= 0.3 is 0 Å². The van der Waals surface area contributed by atoms with E-state index < -0.39 is 0 Å². The fourth-order valence-corrected chi connectivity index (χ4v) is 2.26. The minimum absolute atomic E-state index is 0.655. The number of aromatic nitrogens is 1. The zero-order valence-electron chi connectivity index (χ0n) is 7.79. The summed E-state index contributed by atoms with van der Waals surface area (Å²) in [5.74, 6) is 0. The molecule has 2 nitrogen and oxygen atoms in total. The predicted octanol–water partition coefficient (Wildman–Crippen LogP) is 2.26. The molecule has 3 heteroatoms. The molecule has 1 N–H and O–H groups in total. The van der Waals surface area contributed by atoms with Crippen LogP contribution in [0.5, 0.6) is 0 Å². The molecule has 2 rings (SSSR count). The van der Waals surface area contributed by atoms with Crippen molar-refractivity contribution < 1.29 is 0 Å². The Balaban J connectivity index is 1.79. The Morgan fingerprint density at radius 2 is 2.31 bits per heavy atom. The summed E-state index contributed by atoms with van der Waals surface area (Å²) < 4.78 is 0. The summed E-state index contributed by atoms with van der Waals surface area (Å²) in [6.07, 6.45) is 8.82. The van der Waals surface area contributed by atoms with E-state index in [-0.39, 0.29) is 0 Å². The monoisotopic (exact) mass is 194 g/mol. The number of nitrogens with zero attached hydrogens (tertiary/aromatic N) is 1. The zero-order chi connectivity index (χ0) is 9.10. The Bertz CT molecular complexity index is 296. The normalized spacial score (nSPS) is 17.0. The molecule has 1 heterocycles. The molecule has 1 aliphatic rings. The number of nitrogens with one attached hydrogen (secondary N) is 1. The van der Waals surface area contributed by atoms with Crippen molar-refractivity contribution in [1.29, 1.82) is 0 Å². The van der Waals surface area contributed by atoms with Crippen LogP contribution in [0, 0.1) is 6.92 Å². The third-order valence-corrected chi connectivity index (χ3v) is 3.15. The summed E-state index contributed by atoms with van der Waals surface area (Å²) in [6.45, 7) is 3.02. The highest BCUT2D eigenvalue weighted by Crippen LogP contribution is 2.14. The van der Waals surface area contributed by atoms with E-state index in [9.17, 15) is 0 Å². The molecule has 13 heavy (non-hydrogen) atoms. The molecule has 1 aliphatic carbocycles. The summed E-state index contributed by atoms with van der Waals surface area (Å²) >= 11 is 1.78. The number of hydrogen-bond acceptors (Lipinski definition) is 3. The van der Waals surface area contributed by atoms with E-state index in [1.807, 2.05) is 13.1 Å². The minimum Gasteiger partial charge on any atom is -0.308 e. The summed E-state index contributed by atoms with van der Waals surface area (Å²) in [4.78, 5) is 5.56. The maximum atomic E-state index is 4.22. The first-order valence-corrected chi connectivity index (χ1v) is 5.46. The lowest BCUT2D eigenvalue weighted by Crippen LogP contribution is -2.25. The van der Waals surface area contributed by atoms with E-state index in [1.54, 1.807) is 11.3 Å². The average Bonchev–Trinajstić information content (AvgIpc) is 2.71. The van der Waals surface area contributed by atoms with Crippen molar-refractivity contribution in [1.82, 2.24) is 10.3 Å². The molecule has 70 valence electrons. The Morgan fingerprint density at radius 1 is 1.54 bits per heavy atom. The van der Waals surface area contributed by atoms with Crippen molar-refractivity contribution in [3.05, 3.63) is 28.2 Å². The first kappa shape index (κ1) is 8.91. The summed E-state index contributed by atoms with van der Waals surface area (Å²) in [7, 11) is 0. The fraction of sp³-hybridized carbons (Fsp3) is 0.500. The second kappa shape index (κ2) is 4.03. The molecule has 1 aromatic heterocycles. The molecule has 0 spiro atoms. The zero-order valence-corrected chi connectivity index (χ0v) is 8.60. The van der Waals surface area contributed by atoms with Gasteiger partial charge in [-0.3, -0.25) is 0 Å². The van der Waals surface area contributed by atoms with Crippen LogP contribution in [-0.2, 0) is 6.54 Å². The number of thiazole rings is 1. The minimum atomic E-state index is 0.655. The largest absolute Gasteiger partial charge is 0.308 e. The lowest BCUT2D eigenvalue weighted by molar-refractivity contribution is 0.541. The van der Waals surface area contributed by atoms with Crippen LogP contribution in [0.2, 0.25) is 0 Å². The van der Waals surface area contributed by atoms with Gasteiger partial charge in [-0.2, -0.15) is 0 Å². The molecule has 0 saturated heterocycles. The maximum absolute atomic E-state index is 4.22. The van der Waals surface area contributed by atoms with Gasteiger partial charge in [0.05, 0.1) is 5.01 Å². The molecule has 0 aliphatic heterocycles. The Hall–Kier alpha value is -0.670. The second-order valence-corrected chi connectivity index (χ2v) is 4.69. The molecule has 0 fully saturated rings. The van der Waals surface area contributed by atoms with Crippen molar-refractivity contribution >= 4 is 11.3 Å². The molecule has 0 atom stereocenters. The van der Waals surface area contributed by atoms with Crippen molar-refractivity contribution in [3.8, 4) is 0 Å². The topological polar surface area (TPSA) is 24.9 Å². The molecular weight excluding hydrogens is 180 g/mol. The van der Waals surface area contributed by atoms with Crippen LogP contribution in [0.4, 0.5) is 0 Å². The Kier molecular flexibility index (Phi) is 2.76. The molecular formula is C10H14N2S. The van der Waals surface area contributed by atoms with Gasteiger partial charge in [-0.25, -0.2) is 4.98 Å². The van der Waals surface area contributed by atoms with Crippen molar-refractivity contribution in [3.63, 3.8) is 0 Å². The third kappa shape index (κ3) is 2.39. The SMILES string of the molecule is Cc1ncc(CNC2CC=CC2)s1. The Labute approximate surface area is 82.7 Å². The van der Waals surface area contributed by atoms with Crippen molar-refractivity contribution in [2.24, 2.45) is 0 Å². The Morgan fingerprint density at radius 3 is 2.92 bits per heavy atom. The molecule has 1 aromatic rings. The van der Waals surface area contributed by atoms with E-state index in [1.165, 1.54) is 17.7 Å². The summed E-state index contributed by atoms with van der Waals surface area (Å²) in [5, 5.41) is 4.67. The molecule has 0 radical (unpaired) electrons. The van der Waals surface area contributed by atoms with Gasteiger partial charge in [-0.15, -0.1) is 11.3 Å². The summed E-state index contributed by atoms with van der Waals surface area (Å²) in [6, 6.07) is 0.655. The number of hydrogen-bond donors (Lipinski definition) is 1. The van der Waals surface area contributed by atoms with Crippen molar-refractivity contribution in [2.45, 2.75) is 32.4 Å². The first-order valence-electron chi connectivity index (χ1n) is 4.64. The molecule has 0 unspecified atom stereocenters. The standard InChI is InChI=1S/C10H14N2S/c1-8-11-6-10(13-8)7-12-9-4-2-3-5-9/h2-3,6,9,12H,4-5,7H2,1H3. The van der Waals surface area contributed by atoms with E-state index in [0.717, 1.165) is 11.6 Å². The lowest BCUT2D eigenvalue weighted by atomic mass is 10.2. The van der Waals surface area contributed by atoms with Crippen LogP contribution in [-0.4, -0.2) is 11.0 Å². The van der Waals surface area contributed by atoms with Gasteiger partial charge in [0, 0.05) is 23.7 Å². The van der Waals surface area contributed by atoms with Crippen LogP contribution in [0.25, 0.3) is 0 Å². The average molecular weight is 194 g/mol. The lowest BCUT2D eigenvalue weighted by Gasteiger charge is -2.09. The third-order valence-electron chi connectivity index (χ3n) is 2.24. The second-order valence-electron chi connectivity index (χ2n) is 3.37. The highest BCUT2D eigenvalue weighted by molar-refractivity contribution is 7.11. The van der Waals surface area contributed by atoms with Crippen LogP contribution in [0.15, 0.2) is 18.3 Å². The number of rotatable bonds is 3. The predicted molar refractivity (Wildman–Crippen MR) is 55.9 cm³/mol. The quantitative estimate of drug-likeness (QED) is 0.747. The van der Waals surface area contributed by atoms with E-state index >= 15 is 0 Å². The highest BCUT2D eigenvalue weighted by atomic mass is 32.1. The van der Waals surface area contributed by atoms with Crippen LogP contribution < -0.4 is 5.32 Å². The number of aryl methyl sites for hydroxylation is 1.